The number of aromatic hydroxyl groups is 1. The number of phenols is 1. The molecule has 2 aliphatic rings. The molecule has 0 radical (unpaired) electrons. The number of aryl methyl sites for hydroxylation is 1. The van der Waals surface area contributed by atoms with E-state index in [1.807, 2.05) is 35.2 Å². The van der Waals surface area contributed by atoms with Crippen LogP contribution < -0.4 is 4.90 Å². The van der Waals surface area contributed by atoms with Gasteiger partial charge in [0.25, 0.3) is 0 Å². The molecule has 0 aliphatic carbocycles. The molecule has 3 aromatic rings. The minimum Gasteiger partial charge on any atom is -0.507 e. The lowest BCUT2D eigenvalue weighted by atomic mass is 9.98. The van der Waals surface area contributed by atoms with Crippen molar-refractivity contribution in [2.45, 2.75) is 38.3 Å². The van der Waals surface area contributed by atoms with Gasteiger partial charge in [-0.3, -0.25) is 0 Å². The standard InChI is InChI=1S/C27H27F3N4O4/c1-17-13-19(27(28,29)30)14-22(35)25(17)20-7-8-24(32-31-20)34-11-12-37-23-9-10-33(15-21(23)34)26(36)38-16-18-5-3-2-4-6-18/h2-8,13-14,21,23,35H,9-12,15-16H2,1H3/t21-,23?/m0/s1. The Kier molecular flexibility index (Phi) is 7.11. The first kappa shape index (κ1) is 25.8. The summed E-state index contributed by atoms with van der Waals surface area (Å²) in [6.07, 6.45) is -4.41. The van der Waals surface area contributed by atoms with Crippen molar-refractivity contribution in [3.63, 3.8) is 0 Å². The summed E-state index contributed by atoms with van der Waals surface area (Å²) in [5.74, 6) is 0.0401. The van der Waals surface area contributed by atoms with Gasteiger partial charge in [-0.2, -0.15) is 13.2 Å². The van der Waals surface area contributed by atoms with E-state index in [1.165, 1.54) is 6.92 Å². The number of anilines is 1. The Morgan fingerprint density at radius 2 is 1.92 bits per heavy atom. The van der Waals surface area contributed by atoms with Gasteiger partial charge in [0.2, 0.25) is 0 Å². The molecular weight excluding hydrogens is 501 g/mol. The summed E-state index contributed by atoms with van der Waals surface area (Å²) in [6, 6.07) is 14.3. The zero-order valence-electron chi connectivity index (χ0n) is 20.7. The number of benzene rings is 2. The highest BCUT2D eigenvalue weighted by Gasteiger charge is 2.40. The molecule has 2 aromatic carbocycles. The van der Waals surface area contributed by atoms with Crippen LogP contribution in [0.4, 0.5) is 23.8 Å². The summed E-state index contributed by atoms with van der Waals surface area (Å²) in [7, 11) is 0. The van der Waals surface area contributed by atoms with E-state index < -0.39 is 23.6 Å². The fourth-order valence-corrected chi connectivity index (χ4v) is 5.01. The Bertz CT molecular complexity index is 1260. The van der Waals surface area contributed by atoms with Crippen LogP contribution in [0.2, 0.25) is 0 Å². The number of hydrogen-bond acceptors (Lipinski definition) is 7. The summed E-state index contributed by atoms with van der Waals surface area (Å²) in [5.41, 5.74) is 0.675. The summed E-state index contributed by atoms with van der Waals surface area (Å²) in [5, 5.41) is 18.8. The lowest BCUT2D eigenvalue weighted by molar-refractivity contribution is -0.137. The maximum Gasteiger partial charge on any atom is 0.416 e. The number of ether oxygens (including phenoxy) is 2. The van der Waals surface area contributed by atoms with E-state index >= 15 is 0 Å². The van der Waals surface area contributed by atoms with E-state index in [9.17, 15) is 23.1 Å². The lowest BCUT2D eigenvalue weighted by Gasteiger charge is -2.47. The van der Waals surface area contributed by atoms with Gasteiger partial charge < -0.3 is 24.4 Å². The Labute approximate surface area is 217 Å². The average Bonchev–Trinajstić information content (AvgIpc) is 2.91. The number of likely N-dealkylation sites (tertiary alicyclic amines) is 1. The van der Waals surface area contributed by atoms with Crippen LogP contribution in [-0.2, 0) is 22.3 Å². The minimum absolute atomic E-state index is 0.0930. The molecule has 0 spiro atoms. The Morgan fingerprint density at radius 1 is 1.13 bits per heavy atom. The van der Waals surface area contributed by atoms with E-state index in [-0.39, 0.29) is 35.6 Å². The number of carbonyl (C=O) groups is 1. The first-order valence-electron chi connectivity index (χ1n) is 12.3. The molecule has 3 heterocycles. The predicted octanol–water partition coefficient (Wildman–Crippen LogP) is 4.79. The molecule has 5 rings (SSSR count). The number of nitrogens with zero attached hydrogens (tertiary/aromatic N) is 4. The van der Waals surface area contributed by atoms with Crippen LogP contribution >= 0.6 is 0 Å². The van der Waals surface area contributed by atoms with Gasteiger partial charge in [0.05, 0.1) is 30.0 Å². The van der Waals surface area contributed by atoms with Crippen molar-refractivity contribution in [1.29, 1.82) is 0 Å². The molecule has 0 bridgehead atoms. The van der Waals surface area contributed by atoms with Gasteiger partial charge in [0.15, 0.2) is 5.82 Å². The van der Waals surface area contributed by atoms with Gasteiger partial charge in [-0.05, 0) is 48.7 Å². The fraction of sp³-hybridized carbons (Fsp3) is 0.370. The molecule has 0 saturated carbocycles. The molecule has 38 heavy (non-hydrogen) atoms. The predicted molar refractivity (Wildman–Crippen MR) is 133 cm³/mol. The maximum absolute atomic E-state index is 13.1. The Morgan fingerprint density at radius 3 is 2.61 bits per heavy atom. The SMILES string of the molecule is Cc1cc(C(F)(F)F)cc(O)c1-c1ccc(N2CCOC3CCN(C(=O)OCc4ccccc4)C[C@@H]32)nn1. The maximum atomic E-state index is 13.1. The van der Waals surface area contributed by atoms with Crippen LogP contribution in [0.15, 0.2) is 54.6 Å². The number of rotatable bonds is 4. The zero-order chi connectivity index (χ0) is 26.9. The highest BCUT2D eigenvalue weighted by Crippen LogP contribution is 2.38. The largest absolute Gasteiger partial charge is 0.507 e. The number of alkyl halides is 3. The van der Waals surface area contributed by atoms with Crippen LogP contribution in [0.5, 0.6) is 5.75 Å². The van der Waals surface area contributed by atoms with Crippen LogP contribution in [-0.4, -0.2) is 64.7 Å². The number of carbonyl (C=O) groups excluding carboxylic acids is 1. The second kappa shape index (κ2) is 10.5. The van der Waals surface area contributed by atoms with Crippen molar-refractivity contribution >= 4 is 11.9 Å². The van der Waals surface area contributed by atoms with Crippen LogP contribution in [0.1, 0.15) is 23.1 Å². The third-order valence-electron chi connectivity index (χ3n) is 6.89. The molecule has 1 N–H and O–H groups in total. The van der Waals surface area contributed by atoms with E-state index in [0.717, 1.165) is 11.6 Å². The van der Waals surface area contributed by atoms with Crippen LogP contribution in [0.25, 0.3) is 11.3 Å². The van der Waals surface area contributed by atoms with E-state index in [2.05, 4.69) is 10.2 Å². The van der Waals surface area contributed by atoms with Crippen molar-refractivity contribution in [3.8, 4) is 17.0 Å². The average molecular weight is 529 g/mol. The van der Waals surface area contributed by atoms with Crippen molar-refractivity contribution < 1.29 is 32.5 Å². The molecular formula is C27H27F3N4O4. The zero-order valence-corrected chi connectivity index (χ0v) is 20.7. The Hall–Kier alpha value is -3.86. The lowest BCUT2D eigenvalue weighted by Crippen LogP contribution is -2.61. The Balaban J connectivity index is 1.30. The van der Waals surface area contributed by atoms with Gasteiger partial charge in [-0.25, -0.2) is 4.79 Å². The molecule has 2 fully saturated rings. The number of aromatic nitrogens is 2. The summed E-state index contributed by atoms with van der Waals surface area (Å²) in [4.78, 5) is 16.5. The van der Waals surface area contributed by atoms with Crippen molar-refractivity contribution in [1.82, 2.24) is 15.1 Å². The number of phenolic OH excluding ortho intramolecular Hbond substituents is 1. The topological polar surface area (TPSA) is 88.0 Å². The second-order valence-electron chi connectivity index (χ2n) is 9.41. The number of morpholine rings is 1. The molecule has 2 atom stereocenters. The molecule has 200 valence electrons. The monoisotopic (exact) mass is 528 g/mol. The van der Waals surface area contributed by atoms with Gasteiger partial charge in [-0.15, -0.1) is 10.2 Å². The second-order valence-corrected chi connectivity index (χ2v) is 9.41. The van der Waals surface area contributed by atoms with Gasteiger partial charge in [0.1, 0.15) is 12.4 Å². The van der Waals surface area contributed by atoms with E-state index in [0.29, 0.717) is 44.5 Å². The van der Waals surface area contributed by atoms with E-state index in [4.69, 9.17) is 9.47 Å². The molecule has 8 nitrogen and oxygen atoms in total. The number of hydrogen-bond donors (Lipinski definition) is 1. The van der Waals surface area contributed by atoms with E-state index in [1.54, 1.807) is 17.0 Å². The summed E-state index contributed by atoms with van der Waals surface area (Å²) in [6.45, 7) is 3.60. The molecule has 2 aliphatic heterocycles. The third kappa shape index (κ3) is 5.38. The highest BCUT2D eigenvalue weighted by atomic mass is 19.4. The quantitative estimate of drug-likeness (QED) is 0.521. The van der Waals surface area contributed by atoms with Crippen LogP contribution in [0.3, 0.4) is 0 Å². The van der Waals surface area contributed by atoms with Crippen molar-refractivity contribution in [2.75, 3.05) is 31.1 Å². The van der Waals surface area contributed by atoms with Crippen molar-refractivity contribution in [3.05, 3.63) is 71.3 Å². The summed E-state index contributed by atoms with van der Waals surface area (Å²) >= 11 is 0. The van der Waals surface area contributed by atoms with Gasteiger partial charge in [0, 0.05) is 25.2 Å². The number of halogens is 3. The van der Waals surface area contributed by atoms with Gasteiger partial charge in [-0.1, -0.05) is 30.3 Å². The molecule has 1 unspecified atom stereocenters. The first-order chi connectivity index (χ1) is 18.2. The fourth-order valence-electron chi connectivity index (χ4n) is 5.01. The minimum atomic E-state index is -4.56. The highest BCUT2D eigenvalue weighted by molar-refractivity contribution is 5.72. The number of piperidine rings is 1. The van der Waals surface area contributed by atoms with Gasteiger partial charge >= 0.3 is 12.3 Å². The van der Waals surface area contributed by atoms with Crippen LogP contribution in [0, 0.1) is 6.92 Å². The van der Waals surface area contributed by atoms with Crippen molar-refractivity contribution in [2.24, 2.45) is 0 Å². The molecule has 1 aromatic heterocycles. The molecule has 11 heteroatoms. The number of fused-ring (bicyclic) bond motifs is 1. The number of amides is 1. The summed E-state index contributed by atoms with van der Waals surface area (Å²) < 4.78 is 50.7. The normalized spacial score (nSPS) is 19.7. The smallest absolute Gasteiger partial charge is 0.416 e. The first-order valence-corrected chi connectivity index (χ1v) is 12.3. The third-order valence-corrected chi connectivity index (χ3v) is 6.89. The molecule has 1 amide bonds. The molecule has 2 saturated heterocycles.